The first-order valence-electron chi connectivity index (χ1n) is 5.46. The molecule has 0 aliphatic heterocycles. The molecule has 0 saturated heterocycles. The third kappa shape index (κ3) is 4.17. The van der Waals surface area contributed by atoms with Gasteiger partial charge in [0.25, 0.3) is 0 Å². The molecule has 0 atom stereocenters. The molecular formula is C13H17BrO. The van der Waals surface area contributed by atoms with Gasteiger partial charge in [-0.05, 0) is 30.9 Å². The quantitative estimate of drug-likeness (QED) is 0.433. The fourth-order valence-corrected chi connectivity index (χ4v) is 1.89. The molecule has 15 heavy (non-hydrogen) atoms. The van der Waals surface area contributed by atoms with Gasteiger partial charge in [-0.3, -0.25) is 4.79 Å². The summed E-state index contributed by atoms with van der Waals surface area (Å²) in [7, 11) is 0. The number of carbonyl (C=O) groups excluding carboxylic acids is 1. The summed E-state index contributed by atoms with van der Waals surface area (Å²) in [6, 6.07) is 7.96. The molecule has 2 heteroatoms. The second-order valence-electron chi connectivity index (χ2n) is 3.62. The molecule has 0 unspecified atom stereocenters. The summed E-state index contributed by atoms with van der Waals surface area (Å²) in [5.74, 6) is 0.270. The van der Waals surface area contributed by atoms with Crippen molar-refractivity contribution < 1.29 is 4.79 Å². The van der Waals surface area contributed by atoms with Crippen molar-refractivity contribution >= 4 is 21.7 Å². The number of hydrogen-bond donors (Lipinski definition) is 0. The number of rotatable bonds is 6. The highest BCUT2D eigenvalue weighted by Gasteiger charge is 2.05. The average Bonchev–Trinajstić information content (AvgIpc) is 2.29. The minimum Gasteiger partial charge on any atom is -0.294 e. The van der Waals surface area contributed by atoms with Gasteiger partial charge in [-0.25, -0.2) is 0 Å². The van der Waals surface area contributed by atoms with E-state index in [0.29, 0.717) is 6.42 Å². The number of unbranched alkanes of at least 4 members (excludes halogenated alkanes) is 1. The van der Waals surface area contributed by atoms with Gasteiger partial charge in [0, 0.05) is 17.3 Å². The van der Waals surface area contributed by atoms with Gasteiger partial charge in [-0.2, -0.15) is 0 Å². The first-order chi connectivity index (χ1) is 7.27. The Balaban J connectivity index is 2.57. The molecule has 0 saturated carbocycles. The molecule has 82 valence electrons. The molecule has 0 amide bonds. The zero-order valence-corrected chi connectivity index (χ0v) is 10.7. The summed E-state index contributed by atoms with van der Waals surface area (Å²) in [4.78, 5) is 11.8. The monoisotopic (exact) mass is 268 g/mol. The number of aryl methyl sites for hydroxylation is 1. The molecule has 0 bridgehead atoms. The maximum Gasteiger partial charge on any atom is 0.162 e. The number of ketones is 1. The second-order valence-corrected chi connectivity index (χ2v) is 4.42. The standard InChI is InChI=1S/C13H17BrO/c1-2-11-6-5-7-12(10-11)13(15)8-3-4-9-14/h5-7,10H,2-4,8-9H2,1H3. The maximum absolute atomic E-state index is 11.8. The summed E-state index contributed by atoms with van der Waals surface area (Å²) in [6.07, 6.45) is 3.70. The normalized spacial score (nSPS) is 10.3. The molecule has 0 aliphatic rings. The van der Waals surface area contributed by atoms with Gasteiger partial charge in [0.05, 0.1) is 0 Å². The van der Waals surface area contributed by atoms with Gasteiger partial charge in [-0.15, -0.1) is 0 Å². The van der Waals surface area contributed by atoms with Crippen LogP contribution in [-0.4, -0.2) is 11.1 Å². The van der Waals surface area contributed by atoms with Crippen LogP contribution in [0.4, 0.5) is 0 Å². The van der Waals surface area contributed by atoms with E-state index in [9.17, 15) is 4.79 Å². The fraction of sp³-hybridized carbons (Fsp3) is 0.462. The van der Waals surface area contributed by atoms with E-state index in [0.717, 1.165) is 30.2 Å². The first kappa shape index (κ1) is 12.4. The van der Waals surface area contributed by atoms with Gasteiger partial charge in [0.2, 0.25) is 0 Å². The van der Waals surface area contributed by atoms with E-state index in [4.69, 9.17) is 0 Å². The topological polar surface area (TPSA) is 17.1 Å². The van der Waals surface area contributed by atoms with E-state index in [2.05, 4.69) is 28.9 Å². The van der Waals surface area contributed by atoms with Crippen molar-refractivity contribution in [2.45, 2.75) is 32.6 Å². The minimum atomic E-state index is 0.270. The van der Waals surface area contributed by atoms with E-state index < -0.39 is 0 Å². The Hall–Kier alpha value is -0.630. The Morgan fingerprint density at radius 2 is 2.13 bits per heavy atom. The SMILES string of the molecule is CCc1cccc(C(=O)CCCCBr)c1. The van der Waals surface area contributed by atoms with E-state index in [1.807, 2.05) is 18.2 Å². The highest BCUT2D eigenvalue weighted by Crippen LogP contribution is 2.10. The van der Waals surface area contributed by atoms with Crippen LogP contribution in [0.3, 0.4) is 0 Å². The van der Waals surface area contributed by atoms with Gasteiger partial charge < -0.3 is 0 Å². The zero-order valence-electron chi connectivity index (χ0n) is 9.13. The molecule has 0 aromatic heterocycles. The van der Waals surface area contributed by atoms with Crippen LogP contribution in [0.2, 0.25) is 0 Å². The number of hydrogen-bond acceptors (Lipinski definition) is 1. The van der Waals surface area contributed by atoms with Crippen LogP contribution in [0.1, 0.15) is 42.1 Å². The number of Topliss-reactive ketones (excluding diaryl/α,β-unsaturated/α-hetero) is 1. The molecule has 0 radical (unpaired) electrons. The Bertz CT molecular complexity index is 320. The van der Waals surface area contributed by atoms with Crippen molar-refractivity contribution in [3.63, 3.8) is 0 Å². The van der Waals surface area contributed by atoms with E-state index in [1.165, 1.54) is 5.56 Å². The Kier molecular flexibility index (Phi) is 5.62. The number of halogens is 1. The van der Waals surface area contributed by atoms with E-state index >= 15 is 0 Å². The average molecular weight is 269 g/mol. The third-order valence-electron chi connectivity index (χ3n) is 2.44. The third-order valence-corrected chi connectivity index (χ3v) is 3.01. The number of benzene rings is 1. The highest BCUT2D eigenvalue weighted by molar-refractivity contribution is 9.09. The van der Waals surface area contributed by atoms with Crippen molar-refractivity contribution in [3.05, 3.63) is 35.4 Å². The Morgan fingerprint density at radius 1 is 1.33 bits per heavy atom. The molecule has 1 aromatic carbocycles. The lowest BCUT2D eigenvalue weighted by molar-refractivity contribution is 0.0980. The molecule has 1 aromatic rings. The molecular weight excluding hydrogens is 252 g/mol. The van der Waals surface area contributed by atoms with Crippen LogP contribution in [0.25, 0.3) is 0 Å². The molecule has 0 N–H and O–H groups in total. The van der Waals surface area contributed by atoms with Crippen LogP contribution < -0.4 is 0 Å². The van der Waals surface area contributed by atoms with Crippen LogP contribution in [0, 0.1) is 0 Å². The van der Waals surface area contributed by atoms with Crippen molar-refractivity contribution in [3.8, 4) is 0 Å². The van der Waals surface area contributed by atoms with E-state index in [-0.39, 0.29) is 5.78 Å². The minimum absolute atomic E-state index is 0.270. The van der Waals surface area contributed by atoms with Crippen molar-refractivity contribution in [2.24, 2.45) is 0 Å². The van der Waals surface area contributed by atoms with Gasteiger partial charge in [-0.1, -0.05) is 41.1 Å². The molecule has 0 aliphatic carbocycles. The van der Waals surface area contributed by atoms with Crippen LogP contribution in [0.5, 0.6) is 0 Å². The Morgan fingerprint density at radius 3 is 2.80 bits per heavy atom. The summed E-state index contributed by atoms with van der Waals surface area (Å²) in [5.41, 5.74) is 2.10. The lowest BCUT2D eigenvalue weighted by Gasteiger charge is -2.02. The van der Waals surface area contributed by atoms with Gasteiger partial charge >= 0.3 is 0 Å². The van der Waals surface area contributed by atoms with Crippen molar-refractivity contribution in [1.29, 1.82) is 0 Å². The first-order valence-corrected chi connectivity index (χ1v) is 6.58. The molecule has 0 heterocycles. The van der Waals surface area contributed by atoms with Crippen LogP contribution in [0.15, 0.2) is 24.3 Å². The van der Waals surface area contributed by atoms with Crippen molar-refractivity contribution in [1.82, 2.24) is 0 Å². The second kappa shape index (κ2) is 6.78. The molecule has 1 rings (SSSR count). The summed E-state index contributed by atoms with van der Waals surface area (Å²) >= 11 is 3.37. The summed E-state index contributed by atoms with van der Waals surface area (Å²) in [5, 5.41) is 0.981. The van der Waals surface area contributed by atoms with Crippen molar-refractivity contribution in [2.75, 3.05) is 5.33 Å². The maximum atomic E-state index is 11.8. The van der Waals surface area contributed by atoms with Gasteiger partial charge in [0.15, 0.2) is 5.78 Å². The molecule has 0 fully saturated rings. The van der Waals surface area contributed by atoms with Crippen LogP contribution in [-0.2, 0) is 6.42 Å². The predicted octanol–water partition coefficient (Wildman–Crippen LogP) is 4.00. The zero-order chi connectivity index (χ0) is 11.1. The van der Waals surface area contributed by atoms with Crippen LogP contribution >= 0.6 is 15.9 Å². The summed E-state index contributed by atoms with van der Waals surface area (Å²) in [6.45, 7) is 2.11. The number of carbonyl (C=O) groups is 1. The molecule has 1 nitrogen and oxygen atoms in total. The highest BCUT2D eigenvalue weighted by atomic mass is 79.9. The van der Waals surface area contributed by atoms with E-state index in [1.54, 1.807) is 0 Å². The fourth-order valence-electron chi connectivity index (χ4n) is 1.49. The lowest BCUT2D eigenvalue weighted by Crippen LogP contribution is -1.99. The lowest BCUT2D eigenvalue weighted by atomic mass is 10.0. The Labute approximate surface area is 100 Å². The summed E-state index contributed by atoms with van der Waals surface area (Å²) < 4.78 is 0. The number of alkyl halides is 1. The predicted molar refractivity (Wildman–Crippen MR) is 67.8 cm³/mol. The van der Waals surface area contributed by atoms with Gasteiger partial charge in [0.1, 0.15) is 0 Å². The smallest absolute Gasteiger partial charge is 0.162 e. The molecule has 0 spiro atoms. The largest absolute Gasteiger partial charge is 0.294 e.